The van der Waals surface area contributed by atoms with Crippen molar-refractivity contribution in [2.24, 2.45) is 0 Å². The van der Waals surface area contributed by atoms with Crippen molar-refractivity contribution in [3.8, 4) is 0 Å². The van der Waals surface area contributed by atoms with E-state index in [9.17, 15) is 9.18 Å². The van der Waals surface area contributed by atoms with Crippen molar-refractivity contribution in [1.82, 2.24) is 0 Å². The number of ketones is 1. The molecule has 18 heavy (non-hydrogen) atoms. The van der Waals surface area contributed by atoms with Crippen molar-refractivity contribution in [3.63, 3.8) is 0 Å². The van der Waals surface area contributed by atoms with E-state index in [1.54, 1.807) is 19.1 Å². The highest BCUT2D eigenvalue weighted by molar-refractivity contribution is 5.96. The van der Waals surface area contributed by atoms with Crippen LogP contribution in [0.4, 0.5) is 4.39 Å². The lowest BCUT2D eigenvalue weighted by molar-refractivity contribution is 0.0922. The summed E-state index contributed by atoms with van der Waals surface area (Å²) in [6.45, 7) is 2.54. The Morgan fingerprint density at radius 2 is 2.33 bits per heavy atom. The summed E-state index contributed by atoms with van der Waals surface area (Å²) < 4.78 is 18.6. The van der Waals surface area contributed by atoms with Crippen LogP contribution in [0.25, 0.3) is 0 Å². The van der Waals surface area contributed by atoms with Crippen LogP contribution in [-0.2, 0) is 4.74 Å². The smallest absolute Gasteiger partial charge is 0.162 e. The van der Waals surface area contributed by atoms with Crippen LogP contribution >= 0.6 is 0 Å². The van der Waals surface area contributed by atoms with Crippen LogP contribution in [0.15, 0.2) is 18.2 Å². The van der Waals surface area contributed by atoms with Gasteiger partial charge in [-0.25, -0.2) is 4.39 Å². The summed E-state index contributed by atoms with van der Waals surface area (Å²) in [5.74, 6) is -0.165. The Labute approximate surface area is 107 Å². The number of carbonyl (C=O) groups excluding carboxylic acids is 1. The summed E-state index contributed by atoms with van der Waals surface area (Å²) in [6, 6.07) is 4.56. The number of Topliss-reactive ketones (excluding diaryl/α,β-unsaturated/α-hetero) is 1. The first-order valence-electron chi connectivity index (χ1n) is 6.58. The van der Waals surface area contributed by atoms with Crippen molar-refractivity contribution < 1.29 is 13.9 Å². The third-order valence-corrected chi connectivity index (χ3v) is 3.43. The maximum atomic E-state index is 13.1. The zero-order valence-corrected chi connectivity index (χ0v) is 10.7. The zero-order chi connectivity index (χ0) is 13.0. The van der Waals surface area contributed by atoms with Crippen molar-refractivity contribution >= 4 is 5.78 Å². The Balaban J connectivity index is 1.81. The molecule has 0 radical (unpaired) electrons. The van der Waals surface area contributed by atoms with Crippen LogP contribution in [0.1, 0.15) is 48.0 Å². The molecule has 1 unspecified atom stereocenters. The summed E-state index contributed by atoms with van der Waals surface area (Å²) in [5.41, 5.74) is 1.14. The van der Waals surface area contributed by atoms with Gasteiger partial charge in [-0.2, -0.15) is 0 Å². The second-order valence-electron chi connectivity index (χ2n) is 4.91. The van der Waals surface area contributed by atoms with Crippen molar-refractivity contribution in [2.45, 2.75) is 45.1 Å². The number of ether oxygens (including phenoxy) is 1. The number of halogens is 1. The van der Waals surface area contributed by atoms with Gasteiger partial charge in [0, 0.05) is 18.6 Å². The van der Waals surface area contributed by atoms with E-state index < -0.39 is 0 Å². The number of hydrogen-bond acceptors (Lipinski definition) is 2. The van der Waals surface area contributed by atoms with Gasteiger partial charge in [-0.15, -0.1) is 0 Å². The minimum Gasteiger partial charge on any atom is -0.378 e. The van der Waals surface area contributed by atoms with Crippen molar-refractivity contribution in [1.29, 1.82) is 0 Å². The molecule has 98 valence electrons. The third-order valence-electron chi connectivity index (χ3n) is 3.43. The van der Waals surface area contributed by atoms with Crippen molar-refractivity contribution in [3.05, 3.63) is 35.1 Å². The Morgan fingerprint density at radius 1 is 1.50 bits per heavy atom. The van der Waals surface area contributed by atoms with Crippen LogP contribution in [0, 0.1) is 12.7 Å². The van der Waals surface area contributed by atoms with Gasteiger partial charge in [0.15, 0.2) is 5.78 Å². The van der Waals surface area contributed by atoms with Crippen LogP contribution < -0.4 is 0 Å². The molecule has 3 heteroatoms. The Bertz CT molecular complexity index is 423. The number of aryl methyl sites for hydroxylation is 1. The molecular formula is C15H19FO2. The minimum absolute atomic E-state index is 0.0936. The first-order valence-corrected chi connectivity index (χ1v) is 6.58. The molecule has 0 saturated carbocycles. The van der Waals surface area contributed by atoms with E-state index in [4.69, 9.17) is 4.74 Å². The highest BCUT2D eigenvalue weighted by Gasteiger charge is 2.16. The fourth-order valence-corrected chi connectivity index (χ4v) is 2.32. The zero-order valence-electron chi connectivity index (χ0n) is 10.7. The molecule has 1 aliphatic rings. The first-order chi connectivity index (χ1) is 8.66. The van der Waals surface area contributed by atoms with Crippen LogP contribution in [-0.4, -0.2) is 18.5 Å². The number of carbonyl (C=O) groups is 1. The van der Waals surface area contributed by atoms with E-state index in [0.29, 0.717) is 23.7 Å². The molecule has 1 fully saturated rings. The quantitative estimate of drug-likeness (QED) is 0.745. The van der Waals surface area contributed by atoms with E-state index in [2.05, 4.69) is 0 Å². The molecule has 1 atom stereocenters. The lowest BCUT2D eigenvalue weighted by Crippen LogP contribution is -2.06. The molecule has 1 saturated heterocycles. The molecule has 0 aromatic heterocycles. The predicted octanol–water partition coefficient (Wildman–Crippen LogP) is 3.67. The van der Waals surface area contributed by atoms with E-state index in [1.165, 1.54) is 6.07 Å². The second kappa shape index (κ2) is 6.10. The number of hydrogen-bond donors (Lipinski definition) is 0. The molecule has 2 rings (SSSR count). The molecule has 1 aromatic rings. The summed E-state index contributed by atoms with van der Waals surface area (Å²) in [4.78, 5) is 11.9. The van der Waals surface area contributed by atoms with E-state index in [1.807, 2.05) is 0 Å². The summed E-state index contributed by atoms with van der Waals surface area (Å²) in [7, 11) is 0. The van der Waals surface area contributed by atoms with E-state index in [-0.39, 0.29) is 11.6 Å². The number of rotatable bonds is 5. The second-order valence-corrected chi connectivity index (χ2v) is 4.91. The average molecular weight is 250 g/mol. The van der Waals surface area contributed by atoms with Gasteiger partial charge in [-0.05, 0) is 56.4 Å². The third kappa shape index (κ3) is 3.39. The van der Waals surface area contributed by atoms with Gasteiger partial charge in [-0.1, -0.05) is 0 Å². The van der Waals surface area contributed by atoms with Gasteiger partial charge in [0.2, 0.25) is 0 Å². The first kappa shape index (κ1) is 13.2. The fraction of sp³-hybridized carbons (Fsp3) is 0.533. The Kier molecular flexibility index (Phi) is 4.48. The predicted molar refractivity (Wildman–Crippen MR) is 68.3 cm³/mol. The monoisotopic (exact) mass is 250 g/mol. The van der Waals surface area contributed by atoms with Gasteiger partial charge in [-0.3, -0.25) is 4.79 Å². The molecule has 0 N–H and O–H groups in total. The van der Waals surface area contributed by atoms with Crippen LogP contribution in [0.2, 0.25) is 0 Å². The largest absolute Gasteiger partial charge is 0.378 e. The summed E-state index contributed by atoms with van der Waals surface area (Å²) >= 11 is 0. The summed E-state index contributed by atoms with van der Waals surface area (Å²) in [6.07, 6.45) is 4.91. The maximum Gasteiger partial charge on any atom is 0.162 e. The fourth-order valence-electron chi connectivity index (χ4n) is 2.32. The van der Waals surface area contributed by atoms with E-state index in [0.717, 1.165) is 32.3 Å². The van der Waals surface area contributed by atoms with Gasteiger partial charge < -0.3 is 4.74 Å². The Hall–Kier alpha value is -1.22. The molecular weight excluding hydrogens is 231 g/mol. The SMILES string of the molecule is Cc1cc(C(=O)CCCC2CCCO2)ccc1F. The lowest BCUT2D eigenvalue weighted by atomic mass is 10.0. The topological polar surface area (TPSA) is 26.3 Å². The Morgan fingerprint density at radius 3 is 3.00 bits per heavy atom. The standard InChI is InChI=1S/C15H19FO2/c1-11-10-12(7-8-14(11)16)15(17)6-2-4-13-5-3-9-18-13/h7-8,10,13H,2-6,9H2,1H3. The average Bonchev–Trinajstić information content (AvgIpc) is 2.85. The molecule has 0 spiro atoms. The molecule has 0 bridgehead atoms. The van der Waals surface area contributed by atoms with Gasteiger partial charge in [0.1, 0.15) is 5.82 Å². The highest BCUT2D eigenvalue weighted by Crippen LogP contribution is 2.19. The summed E-state index contributed by atoms with van der Waals surface area (Å²) in [5, 5.41) is 0. The minimum atomic E-state index is -0.258. The van der Waals surface area contributed by atoms with Crippen LogP contribution in [0.3, 0.4) is 0 Å². The maximum absolute atomic E-state index is 13.1. The molecule has 0 aliphatic carbocycles. The van der Waals surface area contributed by atoms with Crippen molar-refractivity contribution in [2.75, 3.05) is 6.61 Å². The molecule has 2 nitrogen and oxygen atoms in total. The lowest BCUT2D eigenvalue weighted by Gasteiger charge is -2.08. The molecule has 1 aliphatic heterocycles. The highest BCUT2D eigenvalue weighted by atomic mass is 19.1. The van der Waals surface area contributed by atoms with Crippen LogP contribution in [0.5, 0.6) is 0 Å². The van der Waals surface area contributed by atoms with Gasteiger partial charge in [0.05, 0.1) is 6.10 Å². The van der Waals surface area contributed by atoms with Gasteiger partial charge in [0.25, 0.3) is 0 Å². The van der Waals surface area contributed by atoms with E-state index >= 15 is 0 Å². The molecule has 0 amide bonds. The van der Waals surface area contributed by atoms with Gasteiger partial charge >= 0.3 is 0 Å². The molecule has 1 heterocycles. The molecule has 1 aromatic carbocycles. The normalized spacial score (nSPS) is 19.1. The number of benzene rings is 1.